The summed E-state index contributed by atoms with van der Waals surface area (Å²) < 4.78 is 7.24. The number of carbonyl (C=O) groups excluding carboxylic acids is 2. The van der Waals surface area contributed by atoms with Gasteiger partial charge in [-0.1, -0.05) is 17.7 Å². The fourth-order valence-corrected chi connectivity index (χ4v) is 3.81. The van der Waals surface area contributed by atoms with Crippen LogP contribution in [0.1, 0.15) is 51.8 Å². The normalized spacial score (nSPS) is 20.9. The number of imidazole rings is 1. The van der Waals surface area contributed by atoms with Crippen LogP contribution in [0.5, 0.6) is 0 Å². The maximum Gasteiger partial charge on any atom is 0.358 e. The molecular weight excluding hydrogens is 342 g/mol. The molecule has 1 saturated heterocycles. The highest BCUT2D eigenvalue weighted by Crippen LogP contribution is 2.42. The van der Waals surface area contributed by atoms with Crippen LogP contribution in [0.15, 0.2) is 24.5 Å². The Hall–Kier alpha value is -2.34. The molecule has 2 aliphatic heterocycles. The standard InChI is InChI=1S/C18H16ClN3O3/c19-11-2-1-3-12-14(11)17(23)21-7-6-13(21)16-15(20-9-22(12)16)18(24)25-8-10-4-5-10/h1-3,9-10,13H,4-8H2. The van der Waals surface area contributed by atoms with Gasteiger partial charge in [-0.25, -0.2) is 9.78 Å². The second kappa shape index (κ2) is 5.33. The molecule has 25 heavy (non-hydrogen) atoms. The van der Waals surface area contributed by atoms with Crippen LogP contribution in [-0.2, 0) is 4.74 Å². The van der Waals surface area contributed by atoms with Crippen molar-refractivity contribution in [2.45, 2.75) is 25.3 Å². The molecule has 1 atom stereocenters. The van der Waals surface area contributed by atoms with Gasteiger partial charge in [0.2, 0.25) is 0 Å². The Labute approximate surface area is 149 Å². The minimum absolute atomic E-state index is 0.0992. The molecule has 0 radical (unpaired) electrons. The molecule has 0 bridgehead atoms. The van der Waals surface area contributed by atoms with Crippen LogP contribution in [0.25, 0.3) is 5.69 Å². The lowest BCUT2D eigenvalue weighted by Crippen LogP contribution is -2.45. The molecular formula is C18H16ClN3O3. The molecule has 3 heterocycles. The van der Waals surface area contributed by atoms with E-state index in [0.29, 0.717) is 41.0 Å². The average molecular weight is 358 g/mol. The lowest BCUT2D eigenvalue weighted by atomic mass is 9.97. The van der Waals surface area contributed by atoms with Crippen molar-refractivity contribution in [1.82, 2.24) is 14.5 Å². The molecule has 1 aromatic heterocycles. The molecule has 128 valence electrons. The fraction of sp³-hybridized carbons (Fsp3) is 0.389. The quantitative estimate of drug-likeness (QED) is 0.792. The Morgan fingerprint density at radius 2 is 2.16 bits per heavy atom. The van der Waals surface area contributed by atoms with E-state index in [1.165, 1.54) is 0 Å². The first kappa shape index (κ1) is 15.0. The summed E-state index contributed by atoms with van der Waals surface area (Å²) in [4.78, 5) is 31.5. The molecule has 1 amide bonds. The maximum atomic E-state index is 12.9. The van der Waals surface area contributed by atoms with E-state index in [4.69, 9.17) is 16.3 Å². The summed E-state index contributed by atoms with van der Waals surface area (Å²) in [5.74, 6) is -0.0187. The Kier molecular flexibility index (Phi) is 3.19. The van der Waals surface area contributed by atoms with E-state index >= 15 is 0 Å². The van der Waals surface area contributed by atoms with Gasteiger partial charge in [-0.15, -0.1) is 0 Å². The summed E-state index contributed by atoms with van der Waals surface area (Å²) in [6.07, 6.45) is 4.62. The Morgan fingerprint density at radius 3 is 2.88 bits per heavy atom. The molecule has 0 spiro atoms. The third kappa shape index (κ3) is 2.20. The minimum atomic E-state index is -0.412. The van der Waals surface area contributed by atoms with Crippen LogP contribution in [0, 0.1) is 5.92 Å². The van der Waals surface area contributed by atoms with Crippen LogP contribution in [0.4, 0.5) is 0 Å². The number of fused-ring (bicyclic) bond motifs is 5. The molecule has 7 heteroatoms. The van der Waals surface area contributed by atoms with Crippen LogP contribution >= 0.6 is 11.6 Å². The largest absolute Gasteiger partial charge is 0.461 e. The number of rotatable bonds is 3. The van der Waals surface area contributed by atoms with Gasteiger partial charge in [0.05, 0.1) is 34.6 Å². The van der Waals surface area contributed by atoms with E-state index in [1.807, 2.05) is 10.6 Å². The molecule has 6 nitrogen and oxygen atoms in total. The second-order valence-corrected chi connectivity index (χ2v) is 7.23. The average Bonchev–Trinajstić information content (AvgIpc) is 3.30. The van der Waals surface area contributed by atoms with Crippen molar-refractivity contribution in [3.63, 3.8) is 0 Å². The highest BCUT2D eigenvalue weighted by atomic mass is 35.5. The van der Waals surface area contributed by atoms with E-state index in [2.05, 4.69) is 4.98 Å². The Balaban J connectivity index is 1.62. The maximum absolute atomic E-state index is 12.9. The van der Waals surface area contributed by atoms with Gasteiger partial charge in [0.25, 0.3) is 5.91 Å². The highest BCUT2D eigenvalue weighted by Gasteiger charge is 2.43. The third-order valence-electron chi connectivity index (χ3n) is 5.21. The van der Waals surface area contributed by atoms with E-state index in [1.54, 1.807) is 23.4 Å². The Morgan fingerprint density at radius 1 is 1.32 bits per heavy atom. The number of benzene rings is 1. The predicted molar refractivity (Wildman–Crippen MR) is 90.0 cm³/mol. The van der Waals surface area contributed by atoms with Crippen molar-refractivity contribution in [2.75, 3.05) is 13.2 Å². The summed E-state index contributed by atoms with van der Waals surface area (Å²) in [6, 6.07) is 5.17. The number of hydrogen-bond acceptors (Lipinski definition) is 4. The predicted octanol–water partition coefficient (Wildman–Crippen LogP) is 2.99. The number of carbonyl (C=O) groups is 2. The highest BCUT2D eigenvalue weighted by molar-refractivity contribution is 6.34. The lowest BCUT2D eigenvalue weighted by molar-refractivity contribution is 0.0414. The number of aromatic nitrogens is 2. The fourth-order valence-electron chi connectivity index (χ4n) is 3.56. The van der Waals surface area contributed by atoms with Gasteiger partial charge in [-0.3, -0.25) is 9.36 Å². The number of esters is 1. The molecule has 0 N–H and O–H groups in total. The molecule has 5 rings (SSSR count). The van der Waals surface area contributed by atoms with E-state index in [-0.39, 0.29) is 11.9 Å². The lowest BCUT2D eigenvalue weighted by Gasteiger charge is -2.39. The molecule has 1 unspecified atom stereocenters. The number of amides is 1. The van der Waals surface area contributed by atoms with Crippen molar-refractivity contribution in [2.24, 2.45) is 5.92 Å². The monoisotopic (exact) mass is 357 g/mol. The van der Waals surface area contributed by atoms with Crippen LogP contribution in [-0.4, -0.2) is 39.5 Å². The molecule has 1 aliphatic carbocycles. The van der Waals surface area contributed by atoms with Gasteiger partial charge in [0.15, 0.2) is 5.69 Å². The minimum Gasteiger partial charge on any atom is -0.461 e. The number of hydrogen-bond donors (Lipinski definition) is 0. The number of halogens is 1. The van der Waals surface area contributed by atoms with Gasteiger partial charge < -0.3 is 9.64 Å². The molecule has 1 aromatic carbocycles. The van der Waals surface area contributed by atoms with Gasteiger partial charge in [0.1, 0.15) is 6.33 Å². The SMILES string of the molecule is O=C(OCC1CC1)c1ncn2c1C1CCN1C(=O)c1c(Cl)cccc1-2. The third-order valence-corrected chi connectivity index (χ3v) is 5.52. The number of ether oxygens (including phenoxy) is 1. The molecule has 3 aliphatic rings. The van der Waals surface area contributed by atoms with Gasteiger partial charge >= 0.3 is 5.97 Å². The van der Waals surface area contributed by atoms with Crippen LogP contribution in [0.3, 0.4) is 0 Å². The smallest absolute Gasteiger partial charge is 0.358 e. The van der Waals surface area contributed by atoms with E-state index in [9.17, 15) is 9.59 Å². The number of nitrogens with zero attached hydrogens (tertiary/aromatic N) is 3. The summed E-state index contributed by atoms with van der Waals surface area (Å²) >= 11 is 6.30. The van der Waals surface area contributed by atoms with Crippen LogP contribution in [0.2, 0.25) is 5.02 Å². The first-order chi connectivity index (χ1) is 12.1. The zero-order valence-corrected chi connectivity index (χ0v) is 14.2. The van der Waals surface area contributed by atoms with Crippen molar-refractivity contribution in [3.05, 3.63) is 46.5 Å². The molecule has 2 aromatic rings. The topological polar surface area (TPSA) is 64.4 Å². The van der Waals surface area contributed by atoms with E-state index in [0.717, 1.165) is 25.0 Å². The van der Waals surface area contributed by atoms with Crippen molar-refractivity contribution < 1.29 is 14.3 Å². The zero-order chi connectivity index (χ0) is 17.1. The van der Waals surface area contributed by atoms with Crippen LogP contribution < -0.4 is 0 Å². The summed E-state index contributed by atoms with van der Waals surface area (Å²) in [6.45, 7) is 1.09. The van der Waals surface area contributed by atoms with Gasteiger partial charge in [-0.05, 0) is 37.3 Å². The van der Waals surface area contributed by atoms with Crippen molar-refractivity contribution in [1.29, 1.82) is 0 Å². The summed E-state index contributed by atoms with van der Waals surface area (Å²) in [5, 5.41) is 0.410. The van der Waals surface area contributed by atoms with Gasteiger partial charge in [0, 0.05) is 6.54 Å². The second-order valence-electron chi connectivity index (χ2n) is 6.83. The first-order valence-electron chi connectivity index (χ1n) is 8.49. The molecule has 1 saturated carbocycles. The zero-order valence-electron chi connectivity index (χ0n) is 13.4. The Bertz CT molecular complexity index is 903. The van der Waals surface area contributed by atoms with Gasteiger partial charge in [-0.2, -0.15) is 0 Å². The first-order valence-corrected chi connectivity index (χ1v) is 8.87. The summed E-state index contributed by atoms with van der Waals surface area (Å²) in [7, 11) is 0. The van der Waals surface area contributed by atoms with Crippen molar-refractivity contribution in [3.8, 4) is 5.69 Å². The van der Waals surface area contributed by atoms with E-state index < -0.39 is 5.97 Å². The molecule has 2 fully saturated rings. The summed E-state index contributed by atoms with van der Waals surface area (Å²) in [5.41, 5.74) is 2.15. The van der Waals surface area contributed by atoms with Crippen molar-refractivity contribution >= 4 is 23.5 Å².